The molecule has 0 aliphatic heterocycles. The molecule has 2 heteroatoms. The van der Waals surface area contributed by atoms with Crippen molar-refractivity contribution in [3.63, 3.8) is 0 Å². The quantitative estimate of drug-likeness (QED) is 0.302. The summed E-state index contributed by atoms with van der Waals surface area (Å²) < 4.78 is 0. The van der Waals surface area contributed by atoms with Crippen LogP contribution in [-0.2, 0) is 4.79 Å². The number of allylic oxidation sites excluding steroid dienone is 1. The maximum absolute atomic E-state index is 11.6. The number of rotatable bonds is 6. The van der Waals surface area contributed by atoms with E-state index in [0.717, 1.165) is 36.0 Å². The highest BCUT2D eigenvalue weighted by Crippen LogP contribution is 2.67. The third-order valence-electron chi connectivity index (χ3n) is 10.3. The maximum atomic E-state index is 11.6. The second-order valence-electron chi connectivity index (χ2n) is 11.5. The molecule has 1 amide bonds. The largest absolute Gasteiger partial charge is 0.342 e. The molecule has 0 aromatic heterocycles. The monoisotopic (exact) mass is 409 g/mol. The number of hydrogen-bond acceptors (Lipinski definition) is 1. The second kappa shape index (κ2) is 9.10. The predicted molar refractivity (Wildman–Crippen MR) is 125 cm³/mol. The minimum atomic E-state index is -0.0639. The van der Waals surface area contributed by atoms with Crippen LogP contribution in [0.2, 0.25) is 0 Å². The lowest BCUT2D eigenvalue weighted by molar-refractivity contribution is -0.116. The molecule has 6 unspecified atom stereocenters. The van der Waals surface area contributed by atoms with Crippen molar-refractivity contribution < 1.29 is 4.79 Å². The van der Waals surface area contributed by atoms with E-state index in [1.807, 2.05) is 6.08 Å². The average molecular weight is 410 g/mol. The van der Waals surface area contributed by atoms with Crippen LogP contribution in [0.1, 0.15) is 97.3 Å². The molecule has 0 heterocycles. The van der Waals surface area contributed by atoms with E-state index in [9.17, 15) is 4.79 Å². The van der Waals surface area contributed by atoms with Gasteiger partial charge in [-0.25, -0.2) is 0 Å². The van der Waals surface area contributed by atoms with Crippen LogP contribution in [0.5, 0.6) is 0 Å². The summed E-state index contributed by atoms with van der Waals surface area (Å²) in [4.78, 5) is 11.6. The van der Waals surface area contributed by atoms with Gasteiger partial charge in [0.25, 0.3) is 0 Å². The minimum Gasteiger partial charge on any atom is -0.342 e. The number of nitrogens with one attached hydrogen (secondary N) is 1. The Morgan fingerprint density at radius 3 is 2.70 bits per heavy atom. The highest BCUT2D eigenvalue weighted by atomic mass is 16.1. The van der Waals surface area contributed by atoms with Crippen molar-refractivity contribution in [3.05, 3.63) is 12.2 Å². The molecular formula is C28H43NO. The molecule has 4 saturated carbocycles. The van der Waals surface area contributed by atoms with Gasteiger partial charge in [-0.05, 0) is 117 Å². The maximum Gasteiger partial charge on any atom is 0.244 e. The van der Waals surface area contributed by atoms with E-state index in [1.165, 1.54) is 77.0 Å². The van der Waals surface area contributed by atoms with E-state index in [1.54, 1.807) is 6.08 Å². The van der Waals surface area contributed by atoms with Gasteiger partial charge in [0, 0.05) is 0 Å². The summed E-state index contributed by atoms with van der Waals surface area (Å²) in [5, 5.41) is 2.69. The molecule has 0 bridgehead atoms. The van der Waals surface area contributed by atoms with Crippen molar-refractivity contribution in [1.29, 1.82) is 0 Å². The Balaban J connectivity index is 1.32. The first kappa shape index (κ1) is 22.0. The van der Waals surface area contributed by atoms with E-state index >= 15 is 0 Å². The van der Waals surface area contributed by atoms with Gasteiger partial charge in [-0.3, -0.25) is 4.79 Å². The summed E-state index contributed by atoms with van der Waals surface area (Å²) in [6.45, 7) is 5.66. The lowest BCUT2D eigenvalue weighted by atomic mass is 9.45. The average Bonchev–Trinajstić information content (AvgIpc) is 3.08. The van der Waals surface area contributed by atoms with Gasteiger partial charge in [-0.2, -0.15) is 0 Å². The molecule has 30 heavy (non-hydrogen) atoms. The third kappa shape index (κ3) is 3.99. The van der Waals surface area contributed by atoms with Gasteiger partial charge in [0.1, 0.15) is 0 Å². The molecule has 4 rings (SSSR count). The van der Waals surface area contributed by atoms with Crippen LogP contribution in [0, 0.1) is 52.8 Å². The van der Waals surface area contributed by atoms with Crippen molar-refractivity contribution >= 4 is 5.91 Å². The third-order valence-corrected chi connectivity index (χ3v) is 10.3. The second-order valence-corrected chi connectivity index (χ2v) is 11.5. The van der Waals surface area contributed by atoms with Crippen LogP contribution in [-0.4, -0.2) is 12.5 Å². The van der Waals surface area contributed by atoms with Crippen molar-refractivity contribution in [1.82, 2.24) is 5.32 Å². The molecule has 4 fully saturated rings. The number of amides is 1. The van der Waals surface area contributed by atoms with Crippen molar-refractivity contribution in [2.75, 3.05) is 6.54 Å². The Hall–Kier alpha value is -1.23. The number of hydrogen-bond donors (Lipinski definition) is 1. The number of unbranched alkanes of at least 4 members (excludes halogenated alkanes) is 1. The SMILES string of the molecule is C#CCNC(=O)/C=C/CCCC1CCC2C3CCC4CCCC[C@@]4(C)C3CCC12C. The number of fused-ring (bicyclic) bond motifs is 5. The molecule has 7 atom stereocenters. The van der Waals surface area contributed by atoms with E-state index in [0.29, 0.717) is 17.4 Å². The van der Waals surface area contributed by atoms with Crippen LogP contribution in [0.25, 0.3) is 0 Å². The zero-order valence-corrected chi connectivity index (χ0v) is 19.4. The standard InChI is InChI=1S/C28H43NO/c1-4-20-29-26(30)12-7-5-6-10-22-14-16-24-23-15-13-21-11-8-9-18-27(21,2)25(23)17-19-28(22,24)3/h1,7,12,21-25H,5-6,8-11,13-20H2,2-3H3,(H,29,30)/b12-7+/t21?,22?,23?,24?,25?,27-,28?/m1/s1. The first-order valence-corrected chi connectivity index (χ1v) is 12.9. The Morgan fingerprint density at radius 2 is 1.87 bits per heavy atom. The molecule has 0 aromatic rings. The van der Waals surface area contributed by atoms with E-state index in [-0.39, 0.29) is 5.91 Å². The van der Waals surface area contributed by atoms with Crippen LogP contribution in [0.4, 0.5) is 0 Å². The van der Waals surface area contributed by atoms with Gasteiger partial charge >= 0.3 is 0 Å². The van der Waals surface area contributed by atoms with E-state index in [4.69, 9.17) is 6.42 Å². The molecule has 166 valence electrons. The zero-order valence-electron chi connectivity index (χ0n) is 19.4. The molecule has 0 aromatic carbocycles. The van der Waals surface area contributed by atoms with Crippen molar-refractivity contribution in [3.8, 4) is 12.3 Å². The number of terminal acetylenes is 1. The van der Waals surface area contributed by atoms with Gasteiger partial charge in [0.2, 0.25) is 5.91 Å². The van der Waals surface area contributed by atoms with Crippen LogP contribution < -0.4 is 5.32 Å². The van der Waals surface area contributed by atoms with Crippen LogP contribution in [0.15, 0.2) is 12.2 Å². The summed E-state index contributed by atoms with van der Waals surface area (Å²) in [5.74, 6) is 7.29. The fourth-order valence-electron chi connectivity index (χ4n) is 8.75. The molecule has 4 aliphatic rings. The normalized spacial score (nSPS) is 42.8. The zero-order chi connectivity index (χ0) is 21.2. The molecule has 0 spiro atoms. The first-order valence-electron chi connectivity index (χ1n) is 12.9. The van der Waals surface area contributed by atoms with Gasteiger partial charge in [-0.15, -0.1) is 6.42 Å². The van der Waals surface area contributed by atoms with Gasteiger partial charge in [0.05, 0.1) is 6.54 Å². The van der Waals surface area contributed by atoms with Crippen LogP contribution in [0.3, 0.4) is 0 Å². The van der Waals surface area contributed by atoms with E-state index < -0.39 is 0 Å². The Bertz CT molecular complexity index is 689. The van der Waals surface area contributed by atoms with Gasteiger partial charge < -0.3 is 5.32 Å². The van der Waals surface area contributed by atoms with Gasteiger partial charge in [0.15, 0.2) is 0 Å². The summed E-state index contributed by atoms with van der Waals surface area (Å²) in [6.07, 6.45) is 27.3. The van der Waals surface area contributed by atoms with Crippen molar-refractivity contribution in [2.24, 2.45) is 40.4 Å². The smallest absolute Gasteiger partial charge is 0.244 e. The topological polar surface area (TPSA) is 29.1 Å². The van der Waals surface area contributed by atoms with Crippen molar-refractivity contribution in [2.45, 2.75) is 97.3 Å². The lowest BCUT2D eigenvalue weighted by Gasteiger charge is -2.60. The summed E-state index contributed by atoms with van der Waals surface area (Å²) in [7, 11) is 0. The molecular weight excluding hydrogens is 366 g/mol. The minimum absolute atomic E-state index is 0.0639. The molecule has 0 saturated heterocycles. The van der Waals surface area contributed by atoms with Gasteiger partial charge in [-0.1, -0.05) is 38.7 Å². The Morgan fingerprint density at radius 1 is 1.03 bits per heavy atom. The molecule has 4 aliphatic carbocycles. The number of carbonyl (C=O) groups is 1. The van der Waals surface area contributed by atoms with Crippen LogP contribution >= 0.6 is 0 Å². The summed E-state index contributed by atoms with van der Waals surface area (Å²) >= 11 is 0. The lowest BCUT2D eigenvalue weighted by Crippen LogP contribution is -2.52. The highest BCUT2D eigenvalue weighted by molar-refractivity contribution is 5.87. The van der Waals surface area contributed by atoms with E-state index in [2.05, 4.69) is 25.1 Å². The fraction of sp³-hybridized carbons (Fsp3) is 0.821. The number of carbonyl (C=O) groups excluding carboxylic acids is 1. The first-order chi connectivity index (χ1) is 14.5. The predicted octanol–water partition coefficient (Wildman–Crippen LogP) is 6.51. The summed E-state index contributed by atoms with van der Waals surface area (Å²) in [5.41, 5.74) is 1.23. The highest BCUT2D eigenvalue weighted by Gasteiger charge is 2.59. The Kier molecular flexibility index (Phi) is 6.67. The molecule has 1 N–H and O–H groups in total. The molecule has 0 radical (unpaired) electrons. The summed E-state index contributed by atoms with van der Waals surface area (Å²) in [6, 6.07) is 0. The fourth-order valence-corrected chi connectivity index (χ4v) is 8.75. The molecule has 2 nitrogen and oxygen atoms in total. The Labute approximate surface area is 185 Å².